The minimum atomic E-state index is -4.58. The lowest BCUT2D eigenvalue weighted by Gasteiger charge is -2.38. The van der Waals surface area contributed by atoms with E-state index in [-0.39, 0.29) is 11.5 Å². The van der Waals surface area contributed by atoms with Gasteiger partial charge in [-0.15, -0.1) is 0 Å². The number of anilines is 3. The Morgan fingerprint density at radius 1 is 1.38 bits per heavy atom. The third kappa shape index (κ3) is 2.66. The van der Waals surface area contributed by atoms with Crippen LogP contribution < -0.4 is 10.6 Å². The number of hydrogen-bond donors (Lipinski definition) is 1. The summed E-state index contributed by atoms with van der Waals surface area (Å²) in [5.74, 6) is -0.540. The first-order valence-electron chi connectivity index (χ1n) is 7.20. The lowest BCUT2D eigenvalue weighted by Crippen LogP contribution is -2.49. The second-order valence-corrected chi connectivity index (χ2v) is 6.06. The lowest BCUT2D eigenvalue weighted by atomic mass is 10.0. The Morgan fingerprint density at radius 3 is 2.54 bits per heavy atom. The summed E-state index contributed by atoms with van der Waals surface area (Å²) in [7, 11) is 1.65. The van der Waals surface area contributed by atoms with Gasteiger partial charge >= 0.3 is 6.18 Å². The fourth-order valence-electron chi connectivity index (χ4n) is 2.46. The van der Waals surface area contributed by atoms with Gasteiger partial charge in [0.05, 0.1) is 24.6 Å². The Bertz CT molecular complexity index is 768. The van der Waals surface area contributed by atoms with Crippen LogP contribution in [0.1, 0.15) is 18.2 Å². The van der Waals surface area contributed by atoms with E-state index in [1.165, 1.54) is 0 Å². The number of hydrogen-bond acceptors (Lipinski definition) is 6. The molecule has 0 bridgehead atoms. The molecule has 2 N–H and O–H groups in total. The summed E-state index contributed by atoms with van der Waals surface area (Å²) >= 11 is 0. The molecule has 1 aliphatic rings. The maximum absolute atomic E-state index is 12.7. The van der Waals surface area contributed by atoms with Crippen molar-refractivity contribution in [2.75, 3.05) is 30.9 Å². The van der Waals surface area contributed by atoms with E-state index in [1.807, 2.05) is 6.92 Å². The number of halogens is 3. The topological polar surface area (TPSA) is 82.1 Å². The quantitative estimate of drug-likeness (QED) is 0.920. The summed E-state index contributed by atoms with van der Waals surface area (Å²) in [6.07, 6.45) is -2.09. The molecule has 1 saturated heterocycles. The van der Waals surface area contributed by atoms with E-state index < -0.39 is 17.6 Å². The van der Waals surface area contributed by atoms with Crippen LogP contribution >= 0.6 is 0 Å². The van der Waals surface area contributed by atoms with Crippen LogP contribution in [-0.2, 0) is 16.5 Å². The standard InChI is InChI=1S/C14H17F3N6O/c1-8-10(5-23(21-8)13(2)6-24-7-13)22(3)12-19-4-9(11(18)20-12)14(15,16)17/h4-5H,6-7H2,1-3H3,(H2,18,19,20). The number of alkyl halides is 3. The zero-order valence-corrected chi connectivity index (χ0v) is 13.4. The molecule has 1 aliphatic heterocycles. The van der Waals surface area contributed by atoms with Gasteiger partial charge in [0, 0.05) is 19.4 Å². The monoisotopic (exact) mass is 342 g/mol. The van der Waals surface area contributed by atoms with E-state index in [2.05, 4.69) is 15.1 Å². The molecule has 10 heteroatoms. The van der Waals surface area contributed by atoms with E-state index in [1.54, 1.807) is 29.7 Å². The SMILES string of the molecule is Cc1nn(C2(C)COC2)cc1N(C)c1ncc(C(F)(F)F)c(N)n1. The summed E-state index contributed by atoms with van der Waals surface area (Å²) in [4.78, 5) is 9.11. The minimum absolute atomic E-state index is 0.0677. The molecule has 0 saturated carbocycles. The average molecular weight is 342 g/mol. The summed E-state index contributed by atoms with van der Waals surface area (Å²) in [5, 5.41) is 4.46. The van der Waals surface area contributed by atoms with Crippen LogP contribution in [0.5, 0.6) is 0 Å². The molecular weight excluding hydrogens is 325 g/mol. The Labute approximate surface area is 136 Å². The summed E-state index contributed by atoms with van der Waals surface area (Å²) in [6, 6.07) is 0. The minimum Gasteiger partial charge on any atom is -0.383 e. The fraction of sp³-hybridized carbons (Fsp3) is 0.500. The Balaban J connectivity index is 1.92. The van der Waals surface area contributed by atoms with Crippen molar-refractivity contribution in [3.05, 3.63) is 23.7 Å². The third-order valence-corrected chi connectivity index (χ3v) is 4.02. The van der Waals surface area contributed by atoms with Gasteiger partial charge in [-0.3, -0.25) is 4.68 Å². The van der Waals surface area contributed by atoms with Crippen LogP contribution in [0.3, 0.4) is 0 Å². The van der Waals surface area contributed by atoms with Crippen LogP contribution in [-0.4, -0.2) is 40.0 Å². The largest absolute Gasteiger partial charge is 0.421 e. The third-order valence-electron chi connectivity index (χ3n) is 4.02. The predicted molar refractivity (Wildman–Crippen MR) is 80.9 cm³/mol. The number of aryl methyl sites for hydroxylation is 1. The molecule has 7 nitrogen and oxygen atoms in total. The van der Waals surface area contributed by atoms with Crippen LogP contribution in [0, 0.1) is 6.92 Å². The van der Waals surface area contributed by atoms with Crippen molar-refractivity contribution in [3.63, 3.8) is 0 Å². The number of rotatable bonds is 3. The van der Waals surface area contributed by atoms with Gasteiger partial charge in [0.15, 0.2) is 0 Å². The van der Waals surface area contributed by atoms with Gasteiger partial charge in [-0.2, -0.15) is 23.3 Å². The van der Waals surface area contributed by atoms with Crippen LogP contribution in [0.2, 0.25) is 0 Å². The van der Waals surface area contributed by atoms with E-state index in [9.17, 15) is 13.2 Å². The van der Waals surface area contributed by atoms with Crippen molar-refractivity contribution < 1.29 is 17.9 Å². The van der Waals surface area contributed by atoms with Crippen molar-refractivity contribution in [1.29, 1.82) is 0 Å². The van der Waals surface area contributed by atoms with Gasteiger partial charge in [0.25, 0.3) is 0 Å². The number of ether oxygens (including phenoxy) is 1. The lowest BCUT2D eigenvalue weighted by molar-refractivity contribution is -0.137. The maximum Gasteiger partial charge on any atom is 0.421 e. The van der Waals surface area contributed by atoms with E-state index >= 15 is 0 Å². The Hall–Kier alpha value is -2.36. The highest BCUT2D eigenvalue weighted by Crippen LogP contribution is 2.34. The van der Waals surface area contributed by atoms with Gasteiger partial charge in [-0.25, -0.2) is 4.98 Å². The second-order valence-electron chi connectivity index (χ2n) is 6.06. The highest BCUT2D eigenvalue weighted by molar-refractivity contribution is 5.59. The normalized spacial score (nSPS) is 16.8. The number of nitrogens with two attached hydrogens (primary N) is 1. The van der Waals surface area contributed by atoms with Crippen LogP contribution in [0.4, 0.5) is 30.6 Å². The molecule has 3 rings (SSSR count). The molecular formula is C14H17F3N6O. The van der Waals surface area contributed by atoms with Crippen LogP contribution in [0.25, 0.3) is 0 Å². The second kappa shape index (κ2) is 5.33. The van der Waals surface area contributed by atoms with Gasteiger partial charge in [0.2, 0.25) is 5.95 Å². The number of nitrogen functional groups attached to an aromatic ring is 1. The first-order valence-corrected chi connectivity index (χ1v) is 7.20. The summed E-state index contributed by atoms with van der Waals surface area (Å²) in [6.45, 7) is 4.93. The van der Waals surface area contributed by atoms with Crippen molar-refractivity contribution in [2.24, 2.45) is 0 Å². The van der Waals surface area contributed by atoms with Crippen LogP contribution in [0.15, 0.2) is 12.4 Å². The summed E-state index contributed by atoms with van der Waals surface area (Å²) < 4.78 is 45.3. The van der Waals surface area contributed by atoms with Crippen molar-refractivity contribution in [1.82, 2.24) is 19.7 Å². The Kier molecular flexibility index (Phi) is 3.67. The first kappa shape index (κ1) is 16.5. The molecule has 0 atom stereocenters. The maximum atomic E-state index is 12.7. The molecule has 24 heavy (non-hydrogen) atoms. The van der Waals surface area contributed by atoms with Gasteiger partial charge in [0.1, 0.15) is 16.9 Å². The zero-order valence-electron chi connectivity index (χ0n) is 13.4. The van der Waals surface area contributed by atoms with Crippen molar-refractivity contribution in [3.8, 4) is 0 Å². The fourth-order valence-corrected chi connectivity index (χ4v) is 2.46. The number of nitrogens with zero attached hydrogens (tertiary/aromatic N) is 5. The number of aromatic nitrogens is 4. The molecule has 2 aromatic heterocycles. The molecule has 0 aliphatic carbocycles. The molecule has 130 valence electrons. The highest BCUT2D eigenvalue weighted by Gasteiger charge is 2.37. The average Bonchev–Trinajstić information content (AvgIpc) is 2.84. The zero-order chi connectivity index (χ0) is 17.7. The first-order chi connectivity index (χ1) is 11.1. The van der Waals surface area contributed by atoms with Crippen molar-refractivity contribution >= 4 is 17.5 Å². The Morgan fingerprint density at radius 2 is 2.04 bits per heavy atom. The van der Waals surface area contributed by atoms with Gasteiger partial charge in [-0.05, 0) is 13.8 Å². The van der Waals surface area contributed by atoms with Gasteiger partial charge < -0.3 is 15.4 Å². The summed E-state index contributed by atoms with van der Waals surface area (Å²) in [5.41, 5.74) is 5.55. The highest BCUT2D eigenvalue weighted by atomic mass is 19.4. The smallest absolute Gasteiger partial charge is 0.383 e. The molecule has 2 aromatic rings. The van der Waals surface area contributed by atoms with E-state index in [0.29, 0.717) is 30.8 Å². The molecule has 0 amide bonds. The van der Waals surface area contributed by atoms with E-state index in [0.717, 1.165) is 0 Å². The molecule has 0 unspecified atom stereocenters. The van der Waals surface area contributed by atoms with Gasteiger partial charge in [-0.1, -0.05) is 0 Å². The molecule has 3 heterocycles. The molecule has 0 radical (unpaired) electrons. The molecule has 0 aromatic carbocycles. The van der Waals surface area contributed by atoms with E-state index in [4.69, 9.17) is 10.5 Å². The van der Waals surface area contributed by atoms with Crippen molar-refractivity contribution in [2.45, 2.75) is 25.6 Å². The molecule has 1 fully saturated rings. The molecule has 0 spiro atoms. The predicted octanol–water partition coefficient (Wildman–Crippen LogP) is 2.10.